The lowest BCUT2D eigenvalue weighted by Crippen LogP contribution is -2.15. The van der Waals surface area contributed by atoms with Crippen molar-refractivity contribution < 1.29 is 8.42 Å². The van der Waals surface area contributed by atoms with Crippen molar-refractivity contribution in [2.75, 3.05) is 0 Å². The second kappa shape index (κ2) is 3.47. The van der Waals surface area contributed by atoms with Gasteiger partial charge in [-0.3, -0.25) is 0 Å². The van der Waals surface area contributed by atoms with Gasteiger partial charge in [0.2, 0.25) is 0 Å². The van der Waals surface area contributed by atoms with Gasteiger partial charge in [0, 0.05) is 11.1 Å². The highest BCUT2D eigenvalue weighted by Gasteiger charge is 2.26. The molecule has 1 rings (SSSR count). The molecule has 1 fully saturated rings. The second-order valence-corrected chi connectivity index (χ2v) is 5.44. The molecule has 1 saturated carbocycles. The van der Waals surface area contributed by atoms with Gasteiger partial charge in [0.1, 0.15) is 0 Å². The van der Waals surface area contributed by atoms with E-state index in [0.29, 0.717) is 5.70 Å². The minimum absolute atomic E-state index is 0.170. The quantitative estimate of drug-likeness (QED) is 0.709. The van der Waals surface area contributed by atoms with Crippen LogP contribution in [-0.4, -0.2) is 13.7 Å². The average Bonchev–Trinajstić information content (AvgIpc) is 2.32. The Morgan fingerprint density at radius 1 is 1.42 bits per heavy atom. The number of allylic oxidation sites excluding steroid dienone is 1. The maximum Gasteiger partial charge on any atom is 0.176 e. The number of sulfone groups is 1. The molecule has 0 saturated heterocycles. The molecule has 0 aromatic carbocycles. The first-order valence-electron chi connectivity index (χ1n) is 4.20. The smallest absolute Gasteiger partial charge is 0.176 e. The van der Waals surface area contributed by atoms with Crippen LogP contribution in [0.25, 0.3) is 0 Å². The Morgan fingerprint density at radius 3 is 2.33 bits per heavy atom. The van der Waals surface area contributed by atoms with Gasteiger partial charge in [0.25, 0.3) is 0 Å². The van der Waals surface area contributed by atoms with Crippen LogP contribution in [0.1, 0.15) is 32.6 Å². The van der Waals surface area contributed by atoms with Gasteiger partial charge >= 0.3 is 0 Å². The molecule has 12 heavy (non-hydrogen) atoms. The first-order chi connectivity index (χ1) is 5.52. The zero-order valence-corrected chi connectivity index (χ0v) is 8.10. The largest absolute Gasteiger partial charge is 0.402 e. The van der Waals surface area contributed by atoms with Crippen LogP contribution < -0.4 is 5.73 Å². The molecule has 70 valence electrons. The predicted molar refractivity (Wildman–Crippen MR) is 49.1 cm³/mol. The molecule has 0 aliphatic heterocycles. The van der Waals surface area contributed by atoms with E-state index in [4.69, 9.17) is 5.73 Å². The Morgan fingerprint density at radius 2 is 1.92 bits per heavy atom. The topological polar surface area (TPSA) is 60.2 Å². The molecule has 1 aliphatic rings. The van der Waals surface area contributed by atoms with Gasteiger partial charge in [-0.1, -0.05) is 12.8 Å². The highest BCUT2D eigenvalue weighted by Crippen LogP contribution is 2.25. The zero-order valence-electron chi connectivity index (χ0n) is 7.29. The summed E-state index contributed by atoms with van der Waals surface area (Å²) in [6.45, 7) is 1.60. The normalized spacial score (nSPS) is 21.6. The highest BCUT2D eigenvalue weighted by molar-refractivity contribution is 7.94. The Hall–Kier alpha value is -0.510. The Kier molecular flexibility index (Phi) is 2.77. The fourth-order valence-corrected chi connectivity index (χ4v) is 3.27. The number of rotatable bonds is 2. The van der Waals surface area contributed by atoms with Crippen LogP contribution in [0.4, 0.5) is 0 Å². The molecule has 2 N–H and O–H groups in total. The van der Waals surface area contributed by atoms with E-state index in [0.717, 1.165) is 25.7 Å². The summed E-state index contributed by atoms with van der Waals surface area (Å²) in [6, 6.07) is 0. The Balaban J connectivity index is 2.78. The van der Waals surface area contributed by atoms with Crippen molar-refractivity contribution in [3.8, 4) is 0 Å². The average molecular weight is 189 g/mol. The van der Waals surface area contributed by atoms with Crippen LogP contribution in [0.15, 0.2) is 11.1 Å². The van der Waals surface area contributed by atoms with Crippen LogP contribution in [0.2, 0.25) is 0 Å². The molecule has 0 aromatic heterocycles. The van der Waals surface area contributed by atoms with Gasteiger partial charge in [-0.2, -0.15) is 0 Å². The molecule has 3 nitrogen and oxygen atoms in total. The van der Waals surface area contributed by atoms with Crippen molar-refractivity contribution in [3.63, 3.8) is 0 Å². The Bertz CT molecular complexity index is 269. The second-order valence-electron chi connectivity index (χ2n) is 3.36. The third-order valence-corrected chi connectivity index (χ3v) is 4.22. The summed E-state index contributed by atoms with van der Waals surface area (Å²) in [5.41, 5.74) is 5.70. The third kappa shape index (κ3) is 2.24. The van der Waals surface area contributed by atoms with E-state index in [1.54, 1.807) is 6.92 Å². The van der Waals surface area contributed by atoms with E-state index in [1.165, 1.54) is 5.41 Å². The molecule has 0 unspecified atom stereocenters. The summed E-state index contributed by atoms with van der Waals surface area (Å²) in [7, 11) is -3.05. The van der Waals surface area contributed by atoms with Crippen molar-refractivity contribution in [3.05, 3.63) is 11.1 Å². The molecule has 0 spiro atoms. The van der Waals surface area contributed by atoms with Crippen molar-refractivity contribution in [2.45, 2.75) is 37.9 Å². The molecule has 0 radical (unpaired) electrons. The highest BCUT2D eigenvalue weighted by atomic mass is 32.2. The van der Waals surface area contributed by atoms with E-state index < -0.39 is 9.84 Å². The molecule has 0 bridgehead atoms. The summed E-state index contributed by atoms with van der Waals surface area (Å²) in [6.07, 6.45) is 3.65. The van der Waals surface area contributed by atoms with Crippen LogP contribution >= 0.6 is 0 Å². The summed E-state index contributed by atoms with van der Waals surface area (Å²) < 4.78 is 23.0. The fraction of sp³-hybridized carbons (Fsp3) is 0.750. The van der Waals surface area contributed by atoms with Crippen molar-refractivity contribution >= 4 is 9.84 Å². The first kappa shape index (κ1) is 9.58. The van der Waals surface area contributed by atoms with Crippen molar-refractivity contribution in [1.82, 2.24) is 0 Å². The summed E-state index contributed by atoms with van der Waals surface area (Å²) in [5.74, 6) is 0. The number of hydrogen-bond donors (Lipinski definition) is 1. The molecule has 0 heterocycles. The van der Waals surface area contributed by atoms with Crippen molar-refractivity contribution in [1.29, 1.82) is 0 Å². The van der Waals surface area contributed by atoms with E-state index in [9.17, 15) is 8.42 Å². The van der Waals surface area contributed by atoms with Gasteiger partial charge in [-0.25, -0.2) is 8.42 Å². The Labute approximate surface area is 73.6 Å². The lowest BCUT2D eigenvalue weighted by molar-refractivity contribution is 0.588. The van der Waals surface area contributed by atoms with Crippen LogP contribution in [0, 0.1) is 0 Å². The molecule has 1 aliphatic carbocycles. The molecular formula is C8H15NO2S. The van der Waals surface area contributed by atoms with Gasteiger partial charge < -0.3 is 5.73 Å². The number of nitrogens with two attached hydrogens (primary N) is 1. The zero-order chi connectivity index (χ0) is 9.19. The summed E-state index contributed by atoms with van der Waals surface area (Å²) >= 11 is 0. The van der Waals surface area contributed by atoms with Crippen LogP contribution in [0.3, 0.4) is 0 Å². The summed E-state index contributed by atoms with van der Waals surface area (Å²) in [4.78, 5) is 0. The molecule has 0 atom stereocenters. The van der Waals surface area contributed by atoms with E-state index in [1.807, 2.05) is 0 Å². The number of hydrogen-bond acceptors (Lipinski definition) is 3. The van der Waals surface area contributed by atoms with Gasteiger partial charge in [-0.15, -0.1) is 0 Å². The van der Waals surface area contributed by atoms with Gasteiger partial charge in [0.05, 0.1) is 5.25 Å². The van der Waals surface area contributed by atoms with E-state index >= 15 is 0 Å². The SMILES string of the molecule is C/C(N)=C/S(=O)(=O)C1CCCC1. The molecule has 0 amide bonds. The fourth-order valence-electron chi connectivity index (χ4n) is 1.57. The van der Waals surface area contributed by atoms with Gasteiger partial charge in [0.15, 0.2) is 9.84 Å². The van der Waals surface area contributed by atoms with Gasteiger partial charge in [-0.05, 0) is 19.8 Å². The third-order valence-electron chi connectivity index (χ3n) is 2.12. The molecule has 4 heteroatoms. The maximum absolute atomic E-state index is 11.5. The van der Waals surface area contributed by atoms with Crippen LogP contribution in [0.5, 0.6) is 0 Å². The van der Waals surface area contributed by atoms with Crippen molar-refractivity contribution in [2.24, 2.45) is 5.73 Å². The standard InChI is InChI=1S/C8H15NO2S/c1-7(9)6-12(10,11)8-4-2-3-5-8/h6,8H,2-5,9H2,1H3/b7-6-. The maximum atomic E-state index is 11.5. The summed E-state index contributed by atoms with van der Waals surface area (Å²) in [5, 5.41) is 1.03. The van der Waals surface area contributed by atoms with Crippen LogP contribution in [-0.2, 0) is 9.84 Å². The monoisotopic (exact) mass is 189 g/mol. The molecular weight excluding hydrogens is 174 g/mol. The minimum Gasteiger partial charge on any atom is -0.402 e. The lowest BCUT2D eigenvalue weighted by Gasteiger charge is -2.06. The van der Waals surface area contributed by atoms with E-state index in [-0.39, 0.29) is 5.25 Å². The minimum atomic E-state index is -3.05. The predicted octanol–water partition coefficient (Wildman–Crippen LogP) is 1.16. The first-order valence-corrected chi connectivity index (χ1v) is 5.81. The van der Waals surface area contributed by atoms with E-state index in [2.05, 4.69) is 0 Å². The molecule has 0 aromatic rings. The lowest BCUT2D eigenvalue weighted by atomic mass is 10.4.